The minimum atomic E-state index is 0.217. The van der Waals surface area contributed by atoms with Crippen molar-refractivity contribution in [2.24, 2.45) is 16.8 Å². The summed E-state index contributed by atoms with van der Waals surface area (Å²) < 4.78 is 0. The highest BCUT2D eigenvalue weighted by atomic mass is 16.4. The fourth-order valence-electron chi connectivity index (χ4n) is 1.99. The van der Waals surface area contributed by atoms with Crippen LogP contribution in [0.5, 0.6) is 0 Å². The summed E-state index contributed by atoms with van der Waals surface area (Å²) in [5, 5.41) is 11.5. The number of piperazine rings is 1. The Labute approximate surface area is 108 Å². The molecule has 0 unspecified atom stereocenters. The average Bonchev–Trinajstić information content (AvgIpc) is 2.36. The van der Waals surface area contributed by atoms with E-state index >= 15 is 0 Å². The SMILES string of the molecule is CC(C)CCC(=O)N1CCN(CC(N)=NO)CC1. The first kappa shape index (κ1) is 14.8. The number of carbonyl (C=O) groups excluding carboxylic acids is 1. The van der Waals surface area contributed by atoms with E-state index in [0.29, 0.717) is 18.9 Å². The molecule has 104 valence electrons. The Balaban J connectivity index is 2.28. The highest BCUT2D eigenvalue weighted by Crippen LogP contribution is 2.09. The van der Waals surface area contributed by atoms with Gasteiger partial charge < -0.3 is 15.8 Å². The van der Waals surface area contributed by atoms with Crippen LogP contribution in [0, 0.1) is 5.92 Å². The third kappa shape index (κ3) is 4.91. The van der Waals surface area contributed by atoms with Crippen molar-refractivity contribution in [2.75, 3.05) is 32.7 Å². The van der Waals surface area contributed by atoms with Gasteiger partial charge in [-0.2, -0.15) is 0 Å². The van der Waals surface area contributed by atoms with E-state index in [2.05, 4.69) is 23.9 Å². The summed E-state index contributed by atoms with van der Waals surface area (Å²) in [5.74, 6) is 1.03. The van der Waals surface area contributed by atoms with E-state index in [1.165, 1.54) is 0 Å². The molecule has 0 radical (unpaired) electrons. The van der Waals surface area contributed by atoms with Gasteiger partial charge in [0, 0.05) is 32.6 Å². The molecule has 6 heteroatoms. The van der Waals surface area contributed by atoms with Crippen molar-refractivity contribution >= 4 is 11.7 Å². The molecule has 3 N–H and O–H groups in total. The molecule has 0 spiro atoms. The van der Waals surface area contributed by atoms with Gasteiger partial charge in [-0.1, -0.05) is 19.0 Å². The van der Waals surface area contributed by atoms with Gasteiger partial charge in [-0.15, -0.1) is 0 Å². The average molecular weight is 256 g/mol. The maximum atomic E-state index is 11.9. The summed E-state index contributed by atoms with van der Waals surface area (Å²) in [4.78, 5) is 15.9. The lowest BCUT2D eigenvalue weighted by Gasteiger charge is -2.34. The smallest absolute Gasteiger partial charge is 0.222 e. The van der Waals surface area contributed by atoms with Gasteiger partial charge in [-0.25, -0.2) is 0 Å². The van der Waals surface area contributed by atoms with Gasteiger partial charge in [0.1, 0.15) is 0 Å². The maximum absolute atomic E-state index is 11.9. The van der Waals surface area contributed by atoms with Crippen LogP contribution in [0.2, 0.25) is 0 Å². The van der Waals surface area contributed by atoms with Crippen molar-refractivity contribution in [3.05, 3.63) is 0 Å². The zero-order valence-corrected chi connectivity index (χ0v) is 11.3. The zero-order chi connectivity index (χ0) is 13.5. The Hall–Kier alpha value is -1.30. The van der Waals surface area contributed by atoms with Crippen molar-refractivity contribution in [2.45, 2.75) is 26.7 Å². The molecule has 0 atom stereocenters. The second kappa shape index (κ2) is 7.20. The minimum Gasteiger partial charge on any atom is -0.409 e. The van der Waals surface area contributed by atoms with Crippen LogP contribution in [0.25, 0.3) is 0 Å². The number of nitrogens with zero attached hydrogens (tertiary/aromatic N) is 3. The fraction of sp³-hybridized carbons (Fsp3) is 0.833. The summed E-state index contributed by atoms with van der Waals surface area (Å²) in [6.07, 6.45) is 1.58. The van der Waals surface area contributed by atoms with E-state index in [1.807, 2.05) is 4.90 Å². The summed E-state index contributed by atoms with van der Waals surface area (Å²) in [7, 11) is 0. The number of nitrogens with two attached hydrogens (primary N) is 1. The number of rotatable bonds is 5. The molecular weight excluding hydrogens is 232 g/mol. The van der Waals surface area contributed by atoms with Crippen LogP contribution in [-0.2, 0) is 4.79 Å². The normalized spacial score (nSPS) is 18.4. The van der Waals surface area contributed by atoms with Crippen molar-refractivity contribution in [3.63, 3.8) is 0 Å². The molecule has 0 aromatic carbocycles. The van der Waals surface area contributed by atoms with Crippen LogP contribution in [-0.4, -0.2) is 59.5 Å². The molecule has 18 heavy (non-hydrogen) atoms. The molecule has 1 heterocycles. The fourth-order valence-corrected chi connectivity index (χ4v) is 1.99. The van der Waals surface area contributed by atoms with E-state index in [1.54, 1.807) is 0 Å². The standard InChI is InChI=1S/C12H24N4O2/c1-10(2)3-4-12(17)16-7-5-15(6-8-16)9-11(13)14-18/h10,18H,3-9H2,1-2H3,(H2,13,14). The molecule has 6 nitrogen and oxygen atoms in total. The predicted octanol–water partition coefficient (Wildman–Crippen LogP) is 0.313. The van der Waals surface area contributed by atoms with Crippen molar-refractivity contribution in [3.8, 4) is 0 Å². The summed E-state index contributed by atoms with van der Waals surface area (Å²) >= 11 is 0. The van der Waals surface area contributed by atoms with Crippen LogP contribution in [0.1, 0.15) is 26.7 Å². The quantitative estimate of drug-likeness (QED) is 0.321. The third-order valence-electron chi connectivity index (χ3n) is 3.17. The lowest BCUT2D eigenvalue weighted by atomic mass is 10.1. The lowest BCUT2D eigenvalue weighted by molar-refractivity contribution is -0.133. The van der Waals surface area contributed by atoms with Gasteiger partial charge in [0.15, 0.2) is 5.84 Å². The molecule has 0 aliphatic carbocycles. The minimum absolute atomic E-state index is 0.217. The van der Waals surface area contributed by atoms with Crippen molar-refractivity contribution in [1.82, 2.24) is 9.80 Å². The third-order valence-corrected chi connectivity index (χ3v) is 3.17. The Morgan fingerprint density at radius 1 is 1.33 bits per heavy atom. The summed E-state index contributed by atoms with van der Waals surface area (Å²) in [6.45, 7) is 7.74. The van der Waals surface area contributed by atoms with Crippen LogP contribution in [0.15, 0.2) is 5.16 Å². The molecule has 1 fully saturated rings. The molecule has 0 aromatic rings. The van der Waals surface area contributed by atoms with Gasteiger partial charge in [0.2, 0.25) is 5.91 Å². The molecule has 1 aliphatic heterocycles. The van der Waals surface area contributed by atoms with E-state index < -0.39 is 0 Å². The Morgan fingerprint density at radius 2 is 1.94 bits per heavy atom. The van der Waals surface area contributed by atoms with Crippen LogP contribution in [0.3, 0.4) is 0 Å². The number of oxime groups is 1. The van der Waals surface area contributed by atoms with Crippen LogP contribution >= 0.6 is 0 Å². The molecule has 1 saturated heterocycles. The highest BCUT2D eigenvalue weighted by molar-refractivity contribution is 5.81. The van der Waals surface area contributed by atoms with Crippen LogP contribution < -0.4 is 5.73 Å². The van der Waals surface area contributed by atoms with Crippen molar-refractivity contribution < 1.29 is 10.0 Å². The largest absolute Gasteiger partial charge is 0.409 e. The van der Waals surface area contributed by atoms with E-state index in [0.717, 1.165) is 32.6 Å². The number of amidine groups is 1. The van der Waals surface area contributed by atoms with Gasteiger partial charge in [-0.3, -0.25) is 9.69 Å². The topological polar surface area (TPSA) is 82.2 Å². The molecule has 1 amide bonds. The molecule has 0 bridgehead atoms. The number of hydrogen-bond acceptors (Lipinski definition) is 4. The number of amides is 1. The van der Waals surface area contributed by atoms with E-state index in [-0.39, 0.29) is 11.7 Å². The van der Waals surface area contributed by atoms with Gasteiger partial charge in [0.25, 0.3) is 0 Å². The molecule has 1 rings (SSSR count). The van der Waals surface area contributed by atoms with E-state index in [4.69, 9.17) is 10.9 Å². The van der Waals surface area contributed by atoms with E-state index in [9.17, 15) is 4.79 Å². The zero-order valence-electron chi connectivity index (χ0n) is 11.3. The predicted molar refractivity (Wildman–Crippen MR) is 70.5 cm³/mol. The molecule has 1 aliphatic rings. The Kier molecular flexibility index (Phi) is 5.91. The Morgan fingerprint density at radius 3 is 2.44 bits per heavy atom. The van der Waals surface area contributed by atoms with Gasteiger partial charge in [-0.05, 0) is 12.3 Å². The highest BCUT2D eigenvalue weighted by Gasteiger charge is 2.21. The first-order valence-electron chi connectivity index (χ1n) is 6.49. The first-order valence-corrected chi connectivity index (χ1v) is 6.49. The maximum Gasteiger partial charge on any atom is 0.222 e. The summed E-state index contributed by atoms with van der Waals surface area (Å²) in [6, 6.07) is 0. The molecule has 0 saturated carbocycles. The Bertz CT molecular complexity index is 296. The number of hydrogen-bond donors (Lipinski definition) is 2. The monoisotopic (exact) mass is 256 g/mol. The lowest BCUT2D eigenvalue weighted by Crippen LogP contribution is -2.50. The second-order valence-electron chi connectivity index (χ2n) is 5.18. The second-order valence-corrected chi connectivity index (χ2v) is 5.18. The van der Waals surface area contributed by atoms with Gasteiger partial charge >= 0.3 is 0 Å². The first-order chi connectivity index (χ1) is 8.52. The van der Waals surface area contributed by atoms with Crippen molar-refractivity contribution in [1.29, 1.82) is 0 Å². The molecule has 0 aromatic heterocycles. The van der Waals surface area contributed by atoms with Gasteiger partial charge in [0.05, 0.1) is 6.54 Å². The summed E-state index contributed by atoms with van der Waals surface area (Å²) in [5.41, 5.74) is 5.46. The van der Waals surface area contributed by atoms with Crippen LogP contribution in [0.4, 0.5) is 0 Å². The number of carbonyl (C=O) groups is 1. The molecular formula is C12H24N4O2.